The van der Waals surface area contributed by atoms with Gasteiger partial charge in [0, 0.05) is 11.4 Å². The fraction of sp³-hybridized carbons (Fsp3) is 0.414. The van der Waals surface area contributed by atoms with E-state index in [1.807, 2.05) is 40.0 Å². The lowest BCUT2D eigenvalue weighted by Crippen LogP contribution is -2.26. The van der Waals surface area contributed by atoms with E-state index >= 15 is 0 Å². The number of methoxy groups -OCH3 is 1. The summed E-state index contributed by atoms with van der Waals surface area (Å²) in [6, 6.07) is 14.2. The van der Waals surface area contributed by atoms with Crippen LogP contribution in [-0.4, -0.2) is 38.1 Å². The summed E-state index contributed by atoms with van der Waals surface area (Å²) >= 11 is 4.34. The Balaban J connectivity index is 0.000000275. The molecule has 2 N–H and O–H groups in total. The van der Waals surface area contributed by atoms with Gasteiger partial charge in [-0.25, -0.2) is 0 Å². The van der Waals surface area contributed by atoms with Gasteiger partial charge in [0.1, 0.15) is 17.8 Å². The van der Waals surface area contributed by atoms with Crippen molar-refractivity contribution in [2.24, 2.45) is 0 Å². The molecule has 0 spiro atoms. The van der Waals surface area contributed by atoms with E-state index in [1.54, 1.807) is 13.2 Å². The van der Waals surface area contributed by atoms with Crippen molar-refractivity contribution in [2.75, 3.05) is 27.2 Å². The van der Waals surface area contributed by atoms with Crippen molar-refractivity contribution in [3.63, 3.8) is 0 Å². The molecule has 6 nitrogen and oxygen atoms in total. The second-order valence-corrected chi connectivity index (χ2v) is 9.81. The van der Waals surface area contributed by atoms with Crippen LogP contribution >= 0.6 is 12.6 Å². The second-order valence-electron chi connectivity index (χ2n) is 9.36. The lowest BCUT2D eigenvalue weighted by molar-refractivity contribution is 0.0939. The maximum Gasteiger partial charge on any atom is 0.255 e. The third-order valence-corrected chi connectivity index (χ3v) is 7.10. The minimum absolute atomic E-state index is 0.0454. The van der Waals surface area contributed by atoms with E-state index in [0.717, 1.165) is 39.6 Å². The van der Waals surface area contributed by atoms with Gasteiger partial charge in [-0.1, -0.05) is 24.3 Å². The van der Waals surface area contributed by atoms with Gasteiger partial charge in [-0.3, -0.25) is 9.69 Å². The van der Waals surface area contributed by atoms with Crippen molar-refractivity contribution in [3.05, 3.63) is 82.3 Å². The van der Waals surface area contributed by atoms with Crippen LogP contribution in [0.2, 0.25) is 0 Å². The molecular formula is C29H39N3O3S. The monoisotopic (exact) mass is 509 g/mol. The van der Waals surface area contributed by atoms with Gasteiger partial charge in [0.05, 0.1) is 25.3 Å². The molecule has 1 amide bonds. The van der Waals surface area contributed by atoms with Crippen molar-refractivity contribution >= 4 is 18.5 Å². The number of likely N-dealkylation sites (tertiary alicyclic amines) is 1. The number of benzene rings is 2. The maximum absolute atomic E-state index is 12.3. The predicted octanol–water partition coefficient (Wildman–Crippen LogP) is 5.69. The Kier molecular flexibility index (Phi) is 10.5. The van der Waals surface area contributed by atoms with Crippen LogP contribution in [0.5, 0.6) is 5.75 Å². The number of amides is 1. The largest absolute Gasteiger partial charge is 0.497 e. The van der Waals surface area contributed by atoms with Gasteiger partial charge in [-0.15, -0.1) is 12.6 Å². The average molecular weight is 510 g/mol. The average Bonchev–Trinajstić information content (AvgIpc) is 3.56. The number of rotatable bonds is 8. The molecule has 7 heteroatoms. The number of furan rings is 1. The molecule has 2 heterocycles. The van der Waals surface area contributed by atoms with Crippen LogP contribution in [-0.2, 0) is 13.1 Å². The minimum atomic E-state index is -0.111. The molecule has 1 unspecified atom stereocenters. The molecule has 1 saturated heterocycles. The van der Waals surface area contributed by atoms with Gasteiger partial charge < -0.3 is 19.8 Å². The Morgan fingerprint density at radius 1 is 1.11 bits per heavy atom. The number of nitrogens with zero attached hydrogens (tertiary/aromatic N) is 1. The summed E-state index contributed by atoms with van der Waals surface area (Å²) in [7, 11) is 3.52. The molecule has 0 aliphatic carbocycles. The zero-order valence-electron chi connectivity index (χ0n) is 22.1. The summed E-state index contributed by atoms with van der Waals surface area (Å²) in [5.74, 6) is 1.55. The lowest BCUT2D eigenvalue weighted by atomic mass is 10.1. The van der Waals surface area contributed by atoms with Crippen molar-refractivity contribution in [3.8, 4) is 5.75 Å². The van der Waals surface area contributed by atoms with E-state index in [1.165, 1.54) is 37.8 Å². The zero-order valence-corrected chi connectivity index (χ0v) is 23.0. The fourth-order valence-electron chi connectivity index (χ4n) is 4.27. The van der Waals surface area contributed by atoms with Crippen LogP contribution < -0.4 is 15.4 Å². The van der Waals surface area contributed by atoms with Crippen LogP contribution in [0.4, 0.5) is 0 Å². The van der Waals surface area contributed by atoms with Crippen molar-refractivity contribution < 1.29 is 13.9 Å². The van der Waals surface area contributed by atoms with Crippen molar-refractivity contribution in [1.29, 1.82) is 0 Å². The topological polar surface area (TPSA) is 66.7 Å². The molecule has 194 valence electrons. The molecule has 1 fully saturated rings. The number of nitrogens with one attached hydrogen (secondary N) is 2. The molecule has 1 aliphatic rings. The summed E-state index contributed by atoms with van der Waals surface area (Å²) in [5.41, 5.74) is 5.31. The van der Waals surface area contributed by atoms with Gasteiger partial charge in [-0.05, 0) is 94.2 Å². The Hall–Kier alpha value is -2.74. The number of carbonyl (C=O) groups excluding carboxylic acids is 1. The summed E-state index contributed by atoms with van der Waals surface area (Å²) in [5, 5.41) is 6.04. The minimum Gasteiger partial charge on any atom is -0.497 e. The van der Waals surface area contributed by atoms with E-state index in [0.29, 0.717) is 12.1 Å². The quantitative estimate of drug-likeness (QED) is 0.341. The van der Waals surface area contributed by atoms with Crippen molar-refractivity contribution in [2.45, 2.75) is 57.6 Å². The molecule has 1 atom stereocenters. The highest BCUT2D eigenvalue weighted by atomic mass is 32.1. The van der Waals surface area contributed by atoms with Gasteiger partial charge in [0.25, 0.3) is 5.91 Å². The molecule has 0 bridgehead atoms. The van der Waals surface area contributed by atoms with E-state index in [4.69, 9.17) is 9.15 Å². The van der Waals surface area contributed by atoms with Crippen LogP contribution in [0.3, 0.4) is 0 Å². The van der Waals surface area contributed by atoms with E-state index in [2.05, 4.69) is 52.4 Å². The Morgan fingerprint density at radius 2 is 1.75 bits per heavy atom. The van der Waals surface area contributed by atoms with Crippen LogP contribution in [0, 0.1) is 13.8 Å². The Morgan fingerprint density at radius 3 is 2.33 bits per heavy atom. The number of hydrogen-bond donors (Lipinski definition) is 3. The first-order valence-electron chi connectivity index (χ1n) is 12.5. The van der Waals surface area contributed by atoms with Crippen molar-refractivity contribution in [1.82, 2.24) is 15.5 Å². The van der Waals surface area contributed by atoms with Gasteiger partial charge in [0.15, 0.2) is 0 Å². The number of thiol groups is 1. The molecule has 3 aromatic rings. The van der Waals surface area contributed by atoms with Crippen LogP contribution in [0.1, 0.15) is 64.2 Å². The SMILES string of the molecule is CNCc1cc(C(=O)NC(C)c2ccc(CN3CCCC3)cc2)co1.COc1cc(C)c(S)c(C)c1. The first-order valence-corrected chi connectivity index (χ1v) is 12.9. The van der Waals surface area contributed by atoms with Crippen LogP contribution in [0.25, 0.3) is 0 Å². The second kappa shape index (κ2) is 13.5. The first kappa shape index (κ1) is 27.8. The highest BCUT2D eigenvalue weighted by molar-refractivity contribution is 7.80. The molecule has 4 rings (SSSR count). The van der Waals surface area contributed by atoms with E-state index < -0.39 is 0 Å². The van der Waals surface area contributed by atoms with E-state index in [-0.39, 0.29) is 11.9 Å². The number of hydrogen-bond acceptors (Lipinski definition) is 6. The summed E-state index contributed by atoms with van der Waals surface area (Å²) in [6.45, 7) is 10.1. The van der Waals surface area contributed by atoms with Gasteiger partial charge in [-0.2, -0.15) is 0 Å². The smallest absolute Gasteiger partial charge is 0.255 e. The van der Waals surface area contributed by atoms with Gasteiger partial charge in [0.2, 0.25) is 0 Å². The third kappa shape index (κ3) is 7.88. The molecule has 36 heavy (non-hydrogen) atoms. The highest BCUT2D eigenvalue weighted by Gasteiger charge is 2.15. The summed E-state index contributed by atoms with van der Waals surface area (Å²) in [4.78, 5) is 15.9. The molecule has 0 saturated carbocycles. The fourth-order valence-corrected chi connectivity index (χ4v) is 4.40. The van der Waals surface area contributed by atoms with Crippen LogP contribution in [0.15, 0.2) is 58.0 Å². The Bertz CT molecular complexity index is 1100. The molecular weight excluding hydrogens is 470 g/mol. The Labute approximate surface area is 220 Å². The highest BCUT2D eigenvalue weighted by Crippen LogP contribution is 2.24. The third-order valence-electron chi connectivity index (χ3n) is 6.40. The first-order chi connectivity index (χ1) is 17.3. The molecule has 2 aromatic carbocycles. The lowest BCUT2D eigenvalue weighted by Gasteiger charge is -2.17. The number of ether oxygens (including phenoxy) is 1. The molecule has 1 aliphatic heterocycles. The molecule has 0 radical (unpaired) electrons. The summed E-state index contributed by atoms with van der Waals surface area (Å²) < 4.78 is 10.5. The molecule has 1 aromatic heterocycles. The maximum atomic E-state index is 12.3. The number of aryl methyl sites for hydroxylation is 2. The normalized spacial score (nSPS) is 14.2. The standard InChI is InChI=1S/C20H27N3O2.C9H12OS/c1-15(22-20(24)18-11-19(12-21-2)25-14-18)17-7-5-16(6-8-17)13-23-9-3-4-10-23;1-6-4-8(10-3)5-7(2)9(6)11/h5-8,11,14-15,21H,3-4,9-10,12-13H2,1-2H3,(H,22,24);4-5,11H,1-3H3. The zero-order chi connectivity index (χ0) is 26.1. The predicted molar refractivity (Wildman–Crippen MR) is 148 cm³/mol. The number of carbonyl (C=O) groups is 1. The summed E-state index contributed by atoms with van der Waals surface area (Å²) in [6.07, 6.45) is 4.13. The van der Waals surface area contributed by atoms with E-state index in [9.17, 15) is 4.79 Å². The van der Waals surface area contributed by atoms with Gasteiger partial charge >= 0.3 is 0 Å².